The third-order valence-electron chi connectivity index (χ3n) is 3.76. The predicted molar refractivity (Wildman–Crippen MR) is 102 cm³/mol. The van der Waals surface area contributed by atoms with Crippen LogP contribution >= 0.6 is 0 Å². The van der Waals surface area contributed by atoms with E-state index in [4.69, 9.17) is 5.14 Å². The van der Waals surface area contributed by atoms with Crippen LogP contribution < -0.4 is 9.44 Å². The molecule has 28 heavy (non-hydrogen) atoms. The minimum Gasteiger partial charge on any atom is -0.298 e. The fourth-order valence-electron chi connectivity index (χ4n) is 2.41. The normalized spacial score (nSPS) is 12.2. The minimum atomic E-state index is -4.39. The first-order valence-electron chi connectivity index (χ1n) is 7.96. The van der Waals surface area contributed by atoms with Crippen molar-refractivity contribution < 1.29 is 26.0 Å². The Balaban J connectivity index is 2.72. The number of aldehydes is 1. The van der Waals surface area contributed by atoms with Crippen molar-refractivity contribution in [2.45, 2.75) is 19.8 Å². The molecule has 1 aromatic carbocycles. The molecule has 2 N–H and O–H groups in total. The molecule has 0 radical (unpaired) electrons. The second kappa shape index (κ2) is 7.89. The maximum atomic E-state index is 13.3. The standard InChI is InChI=1S/C16H19FN4O5S2/c1-10(2)14-13(8-22)15(11-4-6-12(17)7-5-11)20-16(19-14)21(3)28(25,26)9-27(18,23)24/h4-8,10H,9H2,1-3H3,(H2,18,23,24). The summed E-state index contributed by atoms with van der Waals surface area (Å²) in [6, 6.07) is 5.11. The topological polar surface area (TPSA) is 140 Å². The van der Waals surface area contributed by atoms with Crippen LogP contribution in [-0.2, 0) is 20.0 Å². The predicted octanol–water partition coefficient (Wildman–Crippen LogP) is 1.23. The molecule has 12 heteroatoms. The maximum Gasteiger partial charge on any atom is 0.253 e. The number of benzene rings is 1. The van der Waals surface area contributed by atoms with Gasteiger partial charge < -0.3 is 0 Å². The number of hydrogen-bond donors (Lipinski definition) is 1. The van der Waals surface area contributed by atoms with E-state index in [0.717, 1.165) is 7.05 Å². The van der Waals surface area contributed by atoms with Crippen molar-refractivity contribution in [1.29, 1.82) is 0 Å². The fraction of sp³-hybridized carbons (Fsp3) is 0.312. The lowest BCUT2D eigenvalue weighted by Gasteiger charge is -2.20. The van der Waals surface area contributed by atoms with E-state index >= 15 is 0 Å². The summed E-state index contributed by atoms with van der Waals surface area (Å²) in [5.41, 5.74) is 0.854. The van der Waals surface area contributed by atoms with Gasteiger partial charge in [-0.05, 0) is 30.2 Å². The van der Waals surface area contributed by atoms with Gasteiger partial charge in [-0.25, -0.2) is 40.6 Å². The van der Waals surface area contributed by atoms with Gasteiger partial charge in [0.2, 0.25) is 16.0 Å². The Morgan fingerprint density at radius 1 is 1.14 bits per heavy atom. The van der Waals surface area contributed by atoms with Gasteiger partial charge in [-0.2, -0.15) is 0 Å². The van der Waals surface area contributed by atoms with Crippen molar-refractivity contribution in [1.82, 2.24) is 9.97 Å². The average molecular weight is 430 g/mol. The van der Waals surface area contributed by atoms with Crippen LogP contribution in [0.3, 0.4) is 0 Å². The highest BCUT2D eigenvalue weighted by atomic mass is 32.3. The quantitative estimate of drug-likeness (QED) is 0.651. The first-order chi connectivity index (χ1) is 12.9. The highest BCUT2D eigenvalue weighted by Crippen LogP contribution is 2.29. The first kappa shape index (κ1) is 21.9. The number of nitrogens with two attached hydrogens (primary N) is 1. The average Bonchev–Trinajstić information content (AvgIpc) is 2.58. The van der Waals surface area contributed by atoms with E-state index in [2.05, 4.69) is 9.97 Å². The van der Waals surface area contributed by atoms with Crippen LogP contribution in [0, 0.1) is 5.82 Å². The summed E-state index contributed by atoms with van der Waals surface area (Å²) in [7, 11) is -7.64. The van der Waals surface area contributed by atoms with Crippen LogP contribution in [0.1, 0.15) is 35.8 Å². The van der Waals surface area contributed by atoms with Crippen molar-refractivity contribution in [3.05, 3.63) is 41.3 Å². The molecule has 0 fully saturated rings. The van der Waals surface area contributed by atoms with Gasteiger partial charge in [0.25, 0.3) is 10.0 Å². The Morgan fingerprint density at radius 2 is 1.71 bits per heavy atom. The Morgan fingerprint density at radius 3 is 2.18 bits per heavy atom. The minimum absolute atomic E-state index is 0.0985. The summed E-state index contributed by atoms with van der Waals surface area (Å²) >= 11 is 0. The van der Waals surface area contributed by atoms with Crippen molar-refractivity contribution in [2.75, 3.05) is 16.4 Å². The maximum absolute atomic E-state index is 13.3. The van der Waals surface area contributed by atoms with Crippen molar-refractivity contribution >= 4 is 32.3 Å². The van der Waals surface area contributed by atoms with E-state index in [1.54, 1.807) is 13.8 Å². The van der Waals surface area contributed by atoms with E-state index in [-0.39, 0.29) is 28.8 Å². The van der Waals surface area contributed by atoms with Crippen molar-refractivity contribution in [2.24, 2.45) is 5.14 Å². The smallest absolute Gasteiger partial charge is 0.253 e. The highest BCUT2D eigenvalue weighted by Gasteiger charge is 2.28. The van der Waals surface area contributed by atoms with Gasteiger partial charge in [0.1, 0.15) is 5.82 Å². The van der Waals surface area contributed by atoms with Gasteiger partial charge >= 0.3 is 0 Å². The molecule has 1 aromatic heterocycles. The molecule has 152 valence electrons. The lowest BCUT2D eigenvalue weighted by atomic mass is 9.99. The molecule has 0 spiro atoms. The first-order valence-corrected chi connectivity index (χ1v) is 11.3. The van der Waals surface area contributed by atoms with Gasteiger partial charge in [0.15, 0.2) is 11.4 Å². The number of halogens is 1. The number of anilines is 1. The number of carbonyl (C=O) groups excluding carboxylic acids is 1. The van der Waals surface area contributed by atoms with Crippen LogP contribution in [0.25, 0.3) is 11.3 Å². The molecule has 0 atom stereocenters. The van der Waals surface area contributed by atoms with Crippen LogP contribution in [0.4, 0.5) is 10.3 Å². The molecule has 2 aromatic rings. The number of primary sulfonamides is 1. The zero-order chi connectivity index (χ0) is 21.3. The van der Waals surface area contributed by atoms with Gasteiger partial charge in [0.05, 0.1) is 17.0 Å². The summed E-state index contributed by atoms with van der Waals surface area (Å²) in [5.74, 6) is -1.12. The number of rotatable bonds is 7. The van der Waals surface area contributed by atoms with Crippen LogP contribution in [0.2, 0.25) is 0 Å². The number of carbonyl (C=O) groups is 1. The molecule has 0 amide bonds. The van der Waals surface area contributed by atoms with E-state index in [9.17, 15) is 26.0 Å². The number of aromatic nitrogens is 2. The molecule has 0 saturated carbocycles. The Kier molecular flexibility index (Phi) is 6.16. The lowest BCUT2D eigenvalue weighted by Crippen LogP contribution is -2.36. The Bertz CT molecular complexity index is 1100. The number of hydrogen-bond acceptors (Lipinski definition) is 7. The monoisotopic (exact) mass is 430 g/mol. The third-order valence-corrected chi connectivity index (χ3v) is 7.26. The lowest BCUT2D eigenvalue weighted by molar-refractivity contribution is 0.112. The van der Waals surface area contributed by atoms with Gasteiger partial charge in [0, 0.05) is 12.6 Å². The van der Waals surface area contributed by atoms with E-state index < -0.39 is 30.9 Å². The van der Waals surface area contributed by atoms with E-state index in [1.165, 1.54) is 24.3 Å². The summed E-state index contributed by atoms with van der Waals surface area (Å²) in [6.07, 6.45) is 0.538. The Labute approximate surface area is 162 Å². The molecule has 0 aliphatic heterocycles. The van der Waals surface area contributed by atoms with Crippen LogP contribution in [-0.4, -0.2) is 45.2 Å². The molecule has 0 aliphatic rings. The van der Waals surface area contributed by atoms with Gasteiger partial charge in [-0.15, -0.1) is 0 Å². The summed E-state index contributed by atoms with van der Waals surface area (Å²) in [5, 5.41) is 3.50. The molecule has 0 bridgehead atoms. The summed E-state index contributed by atoms with van der Waals surface area (Å²) in [4.78, 5) is 19.9. The molecule has 2 rings (SSSR count). The summed E-state index contributed by atoms with van der Waals surface area (Å²) in [6.45, 7) is 3.48. The van der Waals surface area contributed by atoms with Crippen molar-refractivity contribution in [3.63, 3.8) is 0 Å². The zero-order valence-electron chi connectivity index (χ0n) is 15.3. The molecule has 0 unspecified atom stereocenters. The zero-order valence-corrected chi connectivity index (χ0v) is 17.0. The number of sulfonamides is 2. The van der Waals surface area contributed by atoms with Gasteiger partial charge in [-0.1, -0.05) is 13.8 Å². The molecule has 9 nitrogen and oxygen atoms in total. The second-order valence-electron chi connectivity index (χ2n) is 6.31. The molecular weight excluding hydrogens is 411 g/mol. The molecule has 0 saturated heterocycles. The van der Waals surface area contributed by atoms with Crippen molar-refractivity contribution in [3.8, 4) is 11.3 Å². The van der Waals surface area contributed by atoms with Gasteiger partial charge in [-0.3, -0.25) is 4.79 Å². The second-order valence-corrected chi connectivity index (χ2v) is 10.3. The molecular formula is C16H19FN4O5S2. The molecule has 1 heterocycles. The number of nitrogens with zero attached hydrogens (tertiary/aromatic N) is 3. The van der Waals surface area contributed by atoms with E-state index in [1.807, 2.05) is 0 Å². The largest absolute Gasteiger partial charge is 0.298 e. The fourth-order valence-corrected chi connectivity index (χ4v) is 5.03. The SMILES string of the molecule is CC(C)c1nc(N(C)S(=O)(=O)CS(N)(=O)=O)nc(-c2ccc(F)cc2)c1C=O. The highest BCUT2D eigenvalue weighted by molar-refractivity contribution is 8.07. The molecule has 0 aliphatic carbocycles. The van der Waals surface area contributed by atoms with Crippen LogP contribution in [0.5, 0.6) is 0 Å². The van der Waals surface area contributed by atoms with Crippen LogP contribution in [0.15, 0.2) is 24.3 Å². The Hall–Kier alpha value is -2.44. The third kappa shape index (κ3) is 4.88. The van der Waals surface area contributed by atoms with E-state index in [0.29, 0.717) is 16.2 Å². The summed E-state index contributed by atoms with van der Waals surface area (Å²) < 4.78 is 61.0.